The Morgan fingerprint density at radius 2 is 0.868 bits per heavy atom. The molecule has 0 aliphatic carbocycles. The lowest BCUT2D eigenvalue weighted by molar-refractivity contribution is 1.18. The van der Waals surface area contributed by atoms with Gasteiger partial charge in [-0.05, 0) is 109 Å². The van der Waals surface area contributed by atoms with E-state index in [-0.39, 0.29) is 0 Å². The molecule has 13 aromatic rings. The van der Waals surface area contributed by atoms with E-state index in [0.717, 1.165) is 22.7 Å². The van der Waals surface area contributed by atoms with Gasteiger partial charge >= 0.3 is 0 Å². The van der Waals surface area contributed by atoms with E-state index in [9.17, 15) is 0 Å². The van der Waals surface area contributed by atoms with Gasteiger partial charge < -0.3 is 9.47 Å². The van der Waals surface area contributed by atoms with E-state index in [2.05, 4.69) is 276 Å². The van der Waals surface area contributed by atoms with Crippen molar-refractivity contribution in [2.24, 2.45) is 0 Å². The Hall–Kier alpha value is -8.28. The molecule has 0 atom stereocenters. The zero-order valence-corrected chi connectivity index (χ0v) is 39.0. The van der Waals surface area contributed by atoms with Gasteiger partial charge in [-0.15, -0.1) is 11.3 Å². The fraction of sp³-hybridized carbons (Fsp3) is 0. The van der Waals surface area contributed by atoms with Crippen LogP contribution in [0, 0.1) is 0 Å². The van der Waals surface area contributed by atoms with Gasteiger partial charge in [0.15, 0.2) is 8.07 Å². The summed E-state index contributed by atoms with van der Waals surface area (Å²) in [6, 6.07) is 98.8. The fourth-order valence-electron chi connectivity index (χ4n) is 11.0. The van der Waals surface area contributed by atoms with Crippen LogP contribution < -0.4 is 25.6 Å². The van der Waals surface area contributed by atoms with Crippen LogP contribution in [0.4, 0.5) is 17.1 Å². The molecule has 2 aromatic heterocycles. The minimum Gasteiger partial charge on any atom is -0.310 e. The van der Waals surface area contributed by atoms with Crippen molar-refractivity contribution in [3.63, 3.8) is 0 Å². The first-order valence-corrected chi connectivity index (χ1v) is 26.1. The van der Waals surface area contributed by atoms with Crippen molar-refractivity contribution >= 4 is 110 Å². The summed E-state index contributed by atoms with van der Waals surface area (Å²) < 4.78 is 4.98. The van der Waals surface area contributed by atoms with Gasteiger partial charge in [0.25, 0.3) is 0 Å². The molecule has 0 aliphatic rings. The van der Waals surface area contributed by atoms with E-state index < -0.39 is 8.07 Å². The molecule has 4 heteroatoms. The van der Waals surface area contributed by atoms with Gasteiger partial charge in [0, 0.05) is 53.7 Å². The molecule has 2 heterocycles. The van der Waals surface area contributed by atoms with Gasteiger partial charge in [0.1, 0.15) is 0 Å². The molecule has 0 amide bonds. The summed E-state index contributed by atoms with van der Waals surface area (Å²) in [5.74, 6) is 0. The summed E-state index contributed by atoms with van der Waals surface area (Å²) in [5.41, 5.74) is 9.30. The Kier molecular flexibility index (Phi) is 9.74. The van der Waals surface area contributed by atoms with Crippen molar-refractivity contribution in [2.75, 3.05) is 4.90 Å². The van der Waals surface area contributed by atoms with Crippen molar-refractivity contribution in [2.45, 2.75) is 0 Å². The van der Waals surface area contributed by atoms with Crippen LogP contribution in [0.2, 0.25) is 0 Å². The lowest BCUT2D eigenvalue weighted by Gasteiger charge is -2.35. The Morgan fingerprint density at radius 3 is 1.53 bits per heavy atom. The summed E-state index contributed by atoms with van der Waals surface area (Å²) in [6.45, 7) is 0. The molecule has 0 radical (unpaired) electrons. The fourth-order valence-corrected chi connectivity index (χ4v) is 16.9. The van der Waals surface area contributed by atoms with Crippen LogP contribution >= 0.6 is 11.3 Å². The lowest BCUT2D eigenvalue weighted by Crippen LogP contribution is -2.74. The zero-order chi connectivity index (χ0) is 45.0. The normalized spacial score (nSPS) is 11.8. The lowest BCUT2D eigenvalue weighted by atomic mass is 9.99. The predicted molar refractivity (Wildman–Crippen MR) is 295 cm³/mol. The first-order chi connectivity index (χ1) is 33.7. The summed E-state index contributed by atoms with van der Waals surface area (Å²) in [5, 5.41) is 13.1. The molecule has 11 aromatic carbocycles. The molecular weight excluding hydrogens is 857 g/mol. The largest absolute Gasteiger partial charge is 0.310 e. The van der Waals surface area contributed by atoms with Crippen LogP contribution in [0.25, 0.3) is 69.6 Å². The number of fused-ring (bicyclic) bond motifs is 8. The molecule has 0 bridgehead atoms. The SMILES string of the molecule is c1ccc(-n2c3ccccc3c3c(-c4ccc(N(c5ccc([Si](c6ccccc6)(c6ccccc6)c6ccccc6)cc5)c5ccc6c(c5)sc5ccc7ccccc7c56)cc4)cccc32)cc1. The summed E-state index contributed by atoms with van der Waals surface area (Å²) in [6.07, 6.45) is 0. The molecule has 13 rings (SSSR count). The third-order valence-corrected chi connectivity index (χ3v) is 19.8. The first kappa shape index (κ1) is 40.0. The number of benzene rings is 11. The topological polar surface area (TPSA) is 8.17 Å². The van der Waals surface area contributed by atoms with E-state index in [1.165, 1.54) is 84.6 Å². The highest BCUT2D eigenvalue weighted by molar-refractivity contribution is 7.26. The van der Waals surface area contributed by atoms with Gasteiger partial charge in [-0.25, -0.2) is 0 Å². The van der Waals surface area contributed by atoms with E-state index in [4.69, 9.17) is 0 Å². The molecule has 0 unspecified atom stereocenters. The molecule has 0 saturated carbocycles. The maximum absolute atomic E-state index is 2.72. The monoisotopic (exact) mass is 900 g/mol. The molecular formula is C64H44N2SSi. The number of hydrogen-bond donors (Lipinski definition) is 0. The van der Waals surface area contributed by atoms with Gasteiger partial charge in [0.05, 0.1) is 11.0 Å². The van der Waals surface area contributed by atoms with E-state index in [0.29, 0.717) is 0 Å². The quantitative estimate of drug-likeness (QED) is 0.104. The predicted octanol–water partition coefficient (Wildman–Crippen LogP) is 14.8. The molecule has 0 fully saturated rings. The van der Waals surface area contributed by atoms with Crippen molar-refractivity contribution in [3.8, 4) is 16.8 Å². The van der Waals surface area contributed by atoms with Crippen molar-refractivity contribution in [1.82, 2.24) is 4.57 Å². The van der Waals surface area contributed by atoms with Crippen LogP contribution in [0.5, 0.6) is 0 Å². The summed E-state index contributed by atoms with van der Waals surface area (Å²) in [7, 11) is -2.72. The van der Waals surface area contributed by atoms with Crippen molar-refractivity contribution < 1.29 is 0 Å². The highest BCUT2D eigenvalue weighted by Crippen LogP contribution is 2.44. The smallest absolute Gasteiger partial charge is 0.179 e. The Morgan fingerprint density at radius 1 is 0.338 bits per heavy atom. The average molecular weight is 901 g/mol. The second kappa shape index (κ2) is 16.5. The van der Waals surface area contributed by atoms with Gasteiger partial charge in [-0.2, -0.15) is 0 Å². The van der Waals surface area contributed by atoms with Crippen LogP contribution in [0.15, 0.2) is 267 Å². The van der Waals surface area contributed by atoms with Gasteiger partial charge in [-0.3, -0.25) is 0 Å². The zero-order valence-electron chi connectivity index (χ0n) is 37.2. The number of rotatable bonds is 9. The number of nitrogens with zero attached hydrogens (tertiary/aromatic N) is 2. The Bertz CT molecular complexity index is 3840. The van der Waals surface area contributed by atoms with E-state index in [1.807, 2.05) is 11.3 Å². The van der Waals surface area contributed by atoms with Crippen LogP contribution in [-0.2, 0) is 0 Å². The van der Waals surface area contributed by atoms with E-state index in [1.54, 1.807) is 0 Å². The molecule has 0 saturated heterocycles. The second-order valence-electron chi connectivity index (χ2n) is 17.6. The summed E-state index contributed by atoms with van der Waals surface area (Å²) >= 11 is 1.88. The molecule has 2 nitrogen and oxygen atoms in total. The molecule has 320 valence electrons. The number of para-hydroxylation sites is 2. The average Bonchev–Trinajstić information content (AvgIpc) is 3.97. The van der Waals surface area contributed by atoms with Crippen molar-refractivity contribution in [1.29, 1.82) is 0 Å². The van der Waals surface area contributed by atoms with Crippen molar-refractivity contribution in [3.05, 3.63) is 267 Å². The molecule has 0 N–H and O–H groups in total. The Labute approximate surface area is 400 Å². The van der Waals surface area contributed by atoms with Gasteiger partial charge in [0.2, 0.25) is 0 Å². The van der Waals surface area contributed by atoms with Gasteiger partial charge in [-0.1, -0.05) is 200 Å². The second-order valence-corrected chi connectivity index (χ2v) is 22.5. The van der Waals surface area contributed by atoms with Crippen LogP contribution in [0.3, 0.4) is 0 Å². The third kappa shape index (κ3) is 6.45. The number of thiophene rings is 1. The molecule has 0 aliphatic heterocycles. The van der Waals surface area contributed by atoms with Crippen LogP contribution in [0.1, 0.15) is 0 Å². The minimum absolute atomic E-state index is 1.10. The highest BCUT2D eigenvalue weighted by Gasteiger charge is 2.41. The summed E-state index contributed by atoms with van der Waals surface area (Å²) in [4.78, 5) is 2.44. The highest BCUT2D eigenvalue weighted by atomic mass is 32.1. The minimum atomic E-state index is -2.72. The Balaban J connectivity index is 0.983. The standard InChI is InChI=1S/C64H44N2SSi/c1-5-19-47(20-6-1)66-59-30-16-15-28-57(59)63-55(29-17-31-60(63)66)46-32-35-48(36-33-46)65(50-39-42-58-62(44-50)67-61-43-34-45-18-13-14-27-56(45)64(58)61)49-37-40-54(41-38-49)68(51-21-7-2-8-22-51,52-23-9-3-10-24-52)53-25-11-4-12-26-53/h1-44H. The number of aromatic nitrogens is 1. The molecule has 68 heavy (non-hydrogen) atoms. The first-order valence-electron chi connectivity index (χ1n) is 23.3. The van der Waals surface area contributed by atoms with E-state index >= 15 is 0 Å². The molecule has 0 spiro atoms. The number of hydrogen-bond acceptors (Lipinski definition) is 2. The number of anilines is 3. The maximum atomic E-state index is 2.44. The van der Waals surface area contributed by atoms with Crippen LogP contribution in [-0.4, -0.2) is 12.6 Å². The third-order valence-electron chi connectivity index (χ3n) is 13.9. The maximum Gasteiger partial charge on any atom is 0.179 e.